The van der Waals surface area contributed by atoms with Gasteiger partial charge in [-0.2, -0.15) is 8.42 Å². The minimum absolute atomic E-state index is 0.175. The summed E-state index contributed by atoms with van der Waals surface area (Å²) in [5.74, 6) is 0.175. The fourth-order valence-corrected chi connectivity index (χ4v) is 2.61. The van der Waals surface area contributed by atoms with Crippen molar-refractivity contribution in [2.45, 2.75) is 44.3 Å². The van der Waals surface area contributed by atoms with Crippen molar-refractivity contribution in [1.82, 2.24) is 0 Å². The van der Waals surface area contributed by atoms with Crippen molar-refractivity contribution in [3.05, 3.63) is 0 Å². The maximum Gasteiger partial charge on any atom is 0.267 e. The molecule has 1 N–H and O–H groups in total. The van der Waals surface area contributed by atoms with Gasteiger partial charge in [-0.15, -0.1) is 0 Å². The first-order chi connectivity index (χ1) is 5.52. The zero-order chi connectivity index (χ0) is 9.19. The molecule has 0 saturated heterocycles. The molecule has 1 saturated carbocycles. The van der Waals surface area contributed by atoms with E-state index in [1.54, 1.807) is 6.92 Å². The van der Waals surface area contributed by atoms with E-state index < -0.39 is 15.4 Å². The maximum atomic E-state index is 10.8. The predicted octanol–water partition coefficient (Wildman–Crippen LogP) is 1.84. The second-order valence-corrected chi connectivity index (χ2v) is 5.39. The van der Waals surface area contributed by atoms with Crippen LogP contribution >= 0.6 is 0 Å². The van der Waals surface area contributed by atoms with Gasteiger partial charge in [0, 0.05) is 0 Å². The van der Waals surface area contributed by atoms with Gasteiger partial charge in [0.05, 0.1) is 5.25 Å². The highest BCUT2D eigenvalue weighted by Gasteiger charge is 2.28. The van der Waals surface area contributed by atoms with Gasteiger partial charge in [0.1, 0.15) is 0 Å². The molecule has 1 aliphatic rings. The third-order valence-corrected chi connectivity index (χ3v) is 4.11. The van der Waals surface area contributed by atoms with E-state index >= 15 is 0 Å². The second kappa shape index (κ2) is 3.75. The third kappa shape index (κ3) is 2.45. The molecule has 0 aliphatic heterocycles. The van der Waals surface area contributed by atoms with Crippen molar-refractivity contribution >= 4 is 10.1 Å². The summed E-state index contributed by atoms with van der Waals surface area (Å²) in [5.41, 5.74) is 0. The highest BCUT2D eigenvalue weighted by atomic mass is 32.2. The van der Waals surface area contributed by atoms with Crippen molar-refractivity contribution in [2.75, 3.05) is 0 Å². The van der Waals surface area contributed by atoms with Crippen LogP contribution < -0.4 is 0 Å². The molecule has 0 bridgehead atoms. The van der Waals surface area contributed by atoms with E-state index in [1.807, 2.05) is 0 Å². The Kier molecular flexibility index (Phi) is 3.12. The first kappa shape index (κ1) is 9.99. The lowest BCUT2D eigenvalue weighted by Crippen LogP contribution is -2.27. The maximum absolute atomic E-state index is 10.8. The van der Waals surface area contributed by atoms with Crippen LogP contribution in [0.2, 0.25) is 0 Å². The zero-order valence-electron chi connectivity index (χ0n) is 7.36. The van der Waals surface area contributed by atoms with Crippen molar-refractivity contribution in [3.8, 4) is 0 Å². The highest BCUT2D eigenvalue weighted by molar-refractivity contribution is 7.86. The summed E-state index contributed by atoms with van der Waals surface area (Å²) in [6.07, 6.45) is 5.30. The fourth-order valence-electron chi connectivity index (χ4n) is 1.85. The molecular weight excluding hydrogens is 176 g/mol. The number of hydrogen-bond donors (Lipinski definition) is 1. The van der Waals surface area contributed by atoms with Gasteiger partial charge in [-0.1, -0.05) is 19.3 Å². The van der Waals surface area contributed by atoms with Crippen LogP contribution in [0.3, 0.4) is 0 Å². The van der Waals surface area contributed by atoms with E-state index in [0.717, 1.165) is 25.7 Å². The lowest BCUT2D eigenvalue weighted by Gasteiger charge is -2.25. The van der Waals surface area contributed by atoms with Crippen LogP contribution in [0.5, 0.6) is 0 Å². The van der Waals surface area contributed by atoms with E-state index in [2.05, 4.69) is 0 Å². The SMILES string of the molecule is C[C@H](C1CCCCC1)S(=O)(=O)O. The Hall–Kier alpha value is -0.0900. The largest absolute Gasteiger partial charge is 0.285 e. The Morgan fingerprint density at radius 2 is 1.75 bits per heavy atom. The van der Waals surface area contributed by atoms with Crippen molar-refractivity contribution in [3.63, 3.8) is 0 Å². The summed E-state index contributed by atoms with van der Waals surface area (Å²) >= 11 is 0. The smallest absolute Gasteiger partial charge is 0.267 e. The molecule has 3 nitrogen and oxygen atoms in total. The van der Waals surface area contributed by atoms with E-state index in [9.17, 15) is 8.42 Å². The number of rotatable bonds is 2. The van der Waals surface area contributed by atoms with Crippen LogP contribution in [0, 0.1) is 5.92 Å². The fraction of sp³-hybridized carbons (Fsp3) is 1.00. The molecule has 1 atom stereocenters. The Bertz CT molecular complexity index is 227. The molecule has 12 heavy (non-hydrogen) atoms. The monoisotopic (exact) mass is 192 g/mol. The predicted molar refractivity (Wildman–Crippen MR) is 47.6 cm³/mol. The van der Waals surface area contributed by atoms with Crippen LogP contribution in [0.25, 0.3) is 0 Å². The molecule has 0 unspecified atom stereocenters. The minimum Gasteiger partial charge on any atom is -0.285 e. The molecule has 0 heterocycles. The average Bonchev–Trinajstić information content (AvgIpc) is 2.03. The third-order valence-electron chi connectivity index (χ3n) is 2.78. The Morgan fingerprint density at radius 1 is 1.25 bits per heavy atom. The van der Waals surface area contributed by atoms with Crippen LogP contribution in [0.1, 0.15) is 39.0 Å². The van der Waals surface area contributed by atoms with Crippen LogP contribution in [0.4, 0.5) is 0 Å². The lowest BCUT2D eigenvalue weighted by atomic mass is 9.87. The molecule has 4 heteroatoms. The van der Waals surface area contributed by atoms with Gasteiger partial charge in [-0.25, -0.2) is 0 Å². The quantitative estimate of drug-likeness (QED) is 0.679. The first-order valence-electron chi connectivity index (χ1n) is 4.48. The molecule has 0 radical (unpaired) electrons. The summed E-state index contributed by atoms with van der Waals surface area (Å²) < 4.78 is 30.4. The summed E-state index contributed by atoms with van der Waals surface area (Å²) in [6.45, 7) is 1.60. The summed E-state index contributed by atoms with van der Waals surface area (Å²) in [4.78, 5) is 0. The lowest BCUT2D eigenvalue weighted by molar-refractivity contribution is 0.335. The van der Waals surface area contributed by atoms with Gasteiger partial charge in [-0.3, -0.25) is 4.55 Å². The molecule has 72 valence electrons. The van der Waals surface area contributed by atoms with E-state index in [1.165, 1.54) is 6.42 Å². The van der Waals surface area contributed by atoms with Crippen LogP contribution in [-0.4, -0.2) is 18.2 Å². The Morgan fingerprint density at radius 3 is 2.17 bits per heavy atom. The van der Waals surface area contributed by atoms with Crippen LogP contribution in [-0.2, 0) is 10.1 Å². The first-order valence-corrected chi connectivity index (χ1v) is 5.98. The summed E-state index contributed by atoms with van der Waals surface area (Å²) in [6, 6.07) is 0. The van der Waals surface area contributed by atoms with Crippen molar-refractivity contribution in [2.24, 2.45) is 5.92 Å². The summed E-state index contributed by atoms with van der Waals surface area (Å²) in [5, 5.41) is -0.571. The Labute approximate surface area is 73.9 Å². The summed E-state index contributed by atoms with van der Waals surface area (Å²) in [7, 11) is -3.80. The standard InChI is InChI=1S/C8H16O3S/c1-7(12(9,10)11)8-5-3-2-4-6-8/h7-8H,2-6H2,1H3,(H,9,10,11)/t7-/m1/s1. The second-order valence-electron chi connectivity index (χ2n) is 3.62. The molecule has 0 aromatic heterocycles. The van der Waals surface area contributed by atoms with Crippen molar-refractivity contribution in [1.29, 1.82) is 0 Å². The normalized spacial score (nSPS) is 23.8. The van der Waals surface area contributed by atoms with Crippen molar-refractivity contribution < 1.29 is 13.0 Å². The topological polar surface area (TPSA) is 54.4 Å². The van der Waals surface area contributed by atoms with E-state index in [0.29, 0.717) is 0 Å². The van der Waals surface area contributed by atoms with E-state index in [4.69, 9.17) is 4.55 Å². The molecule has 0 aromatic carbocycles. The molecule has 0 spiro atoms. The van der Waals surface area contributed by atoms with Crippen LogP contribution in [0.15, 0.2) is 0 Å². The van der Waals surface area contributed by atoms with E-state index in [-0.39, 0.29) is 5.92 Å². The minimum atomic E-state index is -3.80. The Balaban J connectivity index is 2.57. The molecular formula is C8H16O3S. The molecule has 1 aliphatic carbocycles. The van der Waals surface area contributed by atoms with Gasteiger partial charge in [0.15, 0.2) is 0 Å². The average molecular weight is 192 g/mol. The molecule has 1 rings (SSSR count). The van der Waals surface area contributed by atoms with Gasteiger partial charge in [0.2, 0.25) is 0 Å². The van der Waals surface area contributed by atoms with Gasteiger partial charge in [-0.05, 0) is 25.7 Å². The molecule has 0 aromatic rings. The zero-order valence-corrected chi connectivity index (χ0v) is 8.18. The number of hydrogen-bond acceptors (Lipinski definition) is 2. The molecule has 0 amide bonds. The highest BCUT2D eigenvalue weighted by Crippen LogP contribution is 2.28. The van der Waals surface area contributed by atoms with Gasteiger partial charge in [0.25, 0.3) is 10.1 Å². The van der Waals surface area contributed by atoms with Gasteiger partial charge < -0.3 is 0 Å². The molecule has 1 fully saturated rings. The van der Waals surface area contributed by atoms with Gasteiger partial charge >= 0.3 is 0 Å².